The summed E-state index contributed by atoms with van der Waals surface area (Å²) in [4.78, 5) is 44.7. The van der Waals surface area contributed by atoms with Crippen LogP contribution in [0.15, 0.2) is 60.7 Å². The number of unbranched alkanes of at least 4 members (excludes halogenated alkanes) is 1. The smallest absolute Gasteiger partial charge is 0.330 e. The molecular formula is C26H32N4O3. The van der Waals surface area contributed by atoms with Crippen LogP contribution in [0.2, 0.25) is 0 Å². The van der Waals surface area contributed by atoms with Crippen LogP contribution in [-0.4, -0.2) is 66.9 Å². The number of urea groups is 1. The van der Waals surface area contributed by atoms with Crippen molar-refractivity contribution in [2.45, 2.75) is 31.6 Å². The van der Waals surface area contributed by atoms with E-state index in [9.17, 15) is 14.4 Å². The number of para-hydroxylation sites is 1. The summed E-state index contributed by atoms with van der Waals surface area (Å²) in [7, 11) is 0. The molecule has 174 valence electrons. The number of nitrogens with zero attached hydrogens (tertiary/aromatic N) is 3. The van der Waals surface area contributed by atoms with Gasteiger partial charge in [-0.25, -0.2) is 4.79 Å². The van der Waals surface area contributed by atoms with E-state index in [-0.39, 0.29) is 0 Å². The molecule has 2 aliphatic rings. The number of benzene rings is 2. The van der Waals surface area contributed by atoms with Gasteiger partial charge in [-0.2, -0.15) is 0 Å². The molecule has 0 aliphatic carbocycles. The Balaban J connectivity index is 1.30. The fourth-order valence-corrected chi connectivity index (χ4v) is 4.86. The first-order chi connectivity index (χ1) is 16.1. The molecule has 2 fully saturated rings. The molecule has 0 aromatic heterocycles. The third-order valence-electron chi connectivity index (χ3n) is 6.86. The van der Waals surface area contributed by atoms with E-state index in [0.717, 1.165) is 39.1 Å². The minimum absolute atomic E-state index is 0.303. The van der Waals surface area contributed by atoms with Crippen LogP contribution in [0, 0.1) is 0 Å². The maximum Gasteiger partial charge on any atom is 0.330 e. The molecule has 2 heterocycles. The van der Waals surface area contributed by atoms with Gasteiger partial charge in [-0.1, -0.05) is 55.5 Å². The number of rotatable bonds is 8. The van der Waals surface area contributed by atoms with Crippen LogP contribution in [-0.2, 0) is 15.0 Å². The maximum absolute atomic E-state index is 13.4. The summed E-state index contributed by atoms with van der Waals surface area (Å²) in [6.45, 7) is 7.05. The number of imide groups is 2. The van der Waals surface area contributed by atoms with E-state index >= 15 is 0 Å². The fourth-order valence-electron chi connectivity index (χ4n) is 4.86. The summed E-state index contributed by atoms with van der Waals surface area (Å²) in [5, 5.41) is 2.42. The molecule has 7 nitrogen and oxygen atoms in total. The molecular weight excluding hydrogens is 416 g/mol. The zero-order chi connectivity index (χ0) is 23.3. The summed E-state index contributed by atoms with van der Waals surface area (Å²) in [5.41, 5.74) is 0.547. The SMILES string of the molecule is CCC1(c2ccccc2)C(=O)NC(=O)N(CCCCN2CCN(c3ccccc3)CC2)C1=O. The van der Waals surface area contributed by atoms with E-state index in [1.54, 1.807) is 12.1 Å². The fraction of sp³-hybridized carbons (Fsp3) is 0.423. The average molecular weight is 449 g/mol. The van der Waals surface area contributed by atoms with Gasteiger partial charge in [0.25, 0.3) is 5.91 Å². The predicted octanol–water partition coefficient (Wildman–Crippen LogP) is 3.02. The zero-order valence-corrected chi connectivity index (χ0v) is 19.2. The summed E-state index contributed by atoms with van der Waals surface area (Å²) < 4.78 is 0. The molecule has 4 amide bonds. The minimum atomic E-state index is -1.34. The van der Waals surface area contributed by atoms with Gasteiger partial charge < -0.3 is 4.90 Å². The van der Waals surface area contributed by atoms with Gasteiger partial charge in [-0.3, -0.25) is 24.7 Å². The van der Waals surface area contributed by atoms with Gasteiger partial charge in [0.15, 0.2) is 5.41 Å². The number of barbiturate groups is 1. The molecule has 7 heteroatoms. The van der Waals surface area contributed by atoms with Crippen molar-refractivity contribution < 1.29 is 14.4 Å². The zero-order valence-electron chi connectivity index (χ0n) is 19.2. The van der Waals surface area contributed by atoms with Crippen molar-refractivity contribution in [1.29, 1.82) is 0 Å². The molecule has 2 aromatic rings. The highest BCUT2D eigenvalue weighted by Crippen LogP contribution is 2.33. The first kappa shape index (κ1) is 23.0. The van der Waals surface area contributed by atoms with Crippen molar-refractivity contribution in [3.63, 3.8) is 0 Å². The Morgan fingerprint density at radius 2 is 1.42 bits per heavy atom. The predicted molar refractivity (Wildman–Crippen MR) is 128 cm³/mol. The van der Waals surface area contributed by atoms with Crippen LogP contribution < -0.4 is 10.2 Å². The molecule has 2 aromatic carbocycles. The monoisotopic (exact) mass is 448 g/mol. The highest BCUT2D eigenvalue weighted by atomic mass is 16.2. The first-order valence-electron chi connectivity index (χ1n) is 11.8. The van der Waals surface area contributed by atoms with Crippen LogP contribution in [0.25, 0.3) is 0 Å². The van der Waals surface area contributed by atoms with Gasteiger partial charge in [0.2, 0.25) is 5.91 Å². The standard InChI is InChI=1S/C26H32N4O3/c1-2-26(21-11-5-3-6-12-21)23(31)27-25(33)30(24(26)32)16-10-9-15-28-17-19-29(20-18-28)22-13-7-4-8-14-22/h3-8,11-14H,2,9-10,15-20H2,1H3,(H,27,31,33). The molecule has 33 heavy (non-hydrogen) atoms. The molecule has 1 atom stereocenters. The number of amides is 4. The van der Waals surface area contributed by atoms with Crippen molar-refractivity contribution >= 4 is 23.5 Å². The van der Waals surface area contributed by atoms with Gasteiger partial charge in [0, 0.05) is 38.4 Å². The number of hydrogen-bond donors (Lipinski definition) is 1. The van der Waals surface area contributed by atoms with Crippen molar-refractivity contribution in [1.82, 2.24) is 15.1 Å². The van der Waals surface area contributed by atoms with E-state index in [4.69, 9.17) is 0 Å². The minimum Gasteiger partial charge on any atom is -0.369 e. The highest BCUT2D eigenvalue weighted by molar-refractivity contribution is 6.22. The normalized spacial score (nSPS) is 21.9. The Bertz CT molecular complexity index is 974. The molecule has 4 rings (SSSR count). The lowest BCUT2D eigenvalue weighted by atomic mass is 9.74. The molecule has 0 bridgehead atoms. The van der Waals surface area contributed by atoms with Crippen molar-refractivity contribution in [2.24, 2.45) is 0 Å². The van der Waals surface area contributed by atoms with Crippen LogP contribution in [0.5, 0.6) is 0 Å². The van der Waals surface area contributed by atoms with Crippen molar-refractivity contribution in [3.8, 4) is 0 Å². The summed E-state index contributed by atoms with van der Waals surface area (Å²) in [6.07, 6.45) is 1.90. The van der Waals surface area contributed by atoms with Crippen LogP contribution >= 0.6 is 0 Å². The Kier molecular flexibility index (Phi) is 7.08. The van der Waals surface area contributed by atoms with Gasteiger partial charge in [0.1, 0.15) is 0 Å². The Labute approximate surface area is 195 Å². The second-order valence-corrected chi connectivity index (χ2v) is 8.71. The van der Waals surface area contributed by atoms with Crippen LogP contribution in [0.1, 0.15) is 31.7 Å². The third kappa shape index (κ3) is 4.64. The Morgan fingerprint density at radius 3 is 2.06 bits per heavy atom. The molecule has 1 unspecified atom stereocenters. The second-order valence-electron chi connectivity index (χ2n) is 8.71. The number of nitrogens with one attached hydrogen (secondary N) is 1. The lowest BCUT2D eigenvalue weighted by Gasteiger charge is -2.39. The van der Waals surface area contributed by atoms with Crippen LogP contribution in [0.4, 0.5) is 10.5 Å². The van der Waals surface area contributed by atoms with Crippen molar-refractivity contribution in [2.75, 3.05) is 44.2 Å². The molecule has 0 saturated carbocycles. The van der Waals surface area contributed by atoms with Gasteiger partial charge >= 0.3 is 6.03 Å². The molecule has 1 N–H and O–H groups in total. The quantitative estimate of drug-likeness (QED) is 0.497. The van der Waals surface area contributed by atoms with E-state index in [0.29, 0.717) is 24.9 Å². The second kappa shape index (κ2) is 10.2. The summed E-state index contributed by atoms with van der Waals surface area (Å²) in [5.74, 6) is -0.944. The van der Waals surface area contributed by atoms with Crippen molar-refractivity contribution in [3.05, 3.63) is 66.2 Å². The van der Waals surface area contributed by atoms with E-state index in [1.165, 1.54) is 10.6 Å². The average Bonchev–Trinajstić information content (AvgIpc) is 2.85. The Hall–Kier alpha value is -3.19. The molecule has 0 spiro atoms. The molecule has 2 saturated heterocycles. The van der Waals surface area contributed by atoms with Gasteiger partial charge in [-0.15, -0.1) is 0 Å². The van der Waals surface area contributed by atoms with Gasteiger partial charge in [0.05, 0.1) is 0 Å². The molecule has 0 radical (unpaired) electrons. The number of carbonyl (C=O) groups is 3. The number of anilines is 1. The maximum atomic E-state index is 13.4. The highest BCUT2D eigenvalue weighted by Gasteiger charge is 2.53. The molecule has 2 aliphatic heterocycles. The topological polar surface area (TPSA) is 73.0 Å². The number of carbonyl (C=O) groups excluding carboxylic acids is 3. The van der Waals surface area contributed by atoms with E-state index < -0.39 is 23.3 Å². The Morgan fingerprint density at radius 1 is 0.818 bits per heavy atom. The third-order valence-corrected chi connectivity index (χ3v) is 6.86. The van der Waals surface area contributed by atoms with Crippen LogP contribution in [0.3, 0.4) is 0 Å². The summed E-state index contributed by atoms with van der Waals surface area (Å²) in [6, 6.07) is 18.9. The first-order valence-corrected chi connectivity index (χ1v) is 11.8. The van der Waals surface area contributed by atoms with E-state index in [2.05, 4.69) is 39.4 Å². The van der Waals surface area contributed by atoms with Gasteiger partial charge in [-0.05, 0) is 43.5 Å². The lowest BCUT2D eigenvalue weighted by Crippen LogP contribution is -2.65. The number of hydrogen-bond acceptors (Lipinski definition) is 5. The lowest BCUT2D eigenvalue weighted by molar-refractivity contribution is -0.145. The number of piperazine rings is 1. The summed E-state index contributed by atoms with van der Waals surface area (Å²) >= 11 is 0. The van der Waals surface area contributed by atoms with E-state index in [1.807, 2.05) is 31.2 Å². The largest absolute Gasteiger partial charge is 0.369 e.